The number of aliphatic hydroxyl groups excluding tert-OH is 1. The summed E-state index contributed by atoms with van der Waals surface area (Å²) in [7, 11) is 0. The third-order valence-electron chi connectivity index (χ3n) is 4.38. The first-order valence-corrected chi connectivity index (χ1v) is 9.03. The van der Waals surface area contributed by atoms with Crippen LogP contribution in [0.5, 0.6) is 0 Å². The zero-order valence-corrected chi connectivity index (χ0v) is 14.1. The normalized spacial score (nSPS) is 17.4. The molecule has 1 aliphatic heterocycles. The van der Waals surface area contributed by atoms with Crippen LogP contribution in [-0.2, 0) is 6.42 Å². The molecule has 1 fully saturated rings. The number of thiophene rings is 1. The number of likely N-dealkylation sites (tertiary alicyclic amines) is 1. The molecule has 1 amide bonds. The molecule has 0 aliphatic carbocycles. The van der Waals surface area contributed by atoms with Crippen LogP contribution in [0.1, 0.15) is 53.4 Å². The highest BCUT2D eigenvalue weighted by Gasteiger charge is 2.30. The summed E-state index contributed by atoms with van der Waals surface area (Å²) in [5.41, 5.74) is 0.394. The van der Waals surface area contributed by atoms with Gasteiger partial charge in [0.2, 0.25) is 0 Å². The minimum Gasteiger partial charge on any atom is -0.387 e. The van der Waals surface area contributed by atoms with Gasteiger partial charge in [-0.05, 0) is 36.6 Å². The maximum atomic E-state index is 12.5. The Morgan fingerprint density at radius 3 is 2.96 bits per heavy atom. The van der Waals surface area contributed by atoms with Gasteiger partial charge in [0, 0.05) is 30.5 Å². The molecule has 124 valence electrons. The van der Waals surface area contributed by atoms with Crippen LogP contribution < -0.4 is 0 Å². The molecular formula is C17H22N2O3S. The monoisotopic (exact) mass is 334 g/mol. The van der Waals surface area contributed by atoms with Crippen molar-refractivity contribution in [1.29, 1.82) is 0 Å². The molecule has 6 heteroatoms. The summed E-state index contributed by atoms with van der Waals surface area (Å²) >= 11 is 1.58. The summed E-state index contributed by atoms with van der Waals surface area (Å²) in [5, 5.41) is 16.3. The molecular weight excluding hydrogens is 312 g/mol. The second-order valence-electron chi connectivity index (χ2n) is 6.02. The van der Waals surface area contributed by atoms with E-state index in [4.69, 9.17) is 4.52 Å². The summed E-state index contributed by atoms with van der Waals surface area (Å²) in [5.74, 6) is 0.907. The Morgan fingerprint density at radius 2 is 2.30 bits per heavy atom. The molecule has 1 aliphatic rings. The van der Waals surface area contributed by atoms with E-state index in [9.17, 15) is 9.90 Å². The van der Waals surface area contributed by atoms with E-state index in [0.717, 1.165) is 36.3 Å². The lowest BCUT2D eigenvalue weighted by Crippen LogP contribution is -2.39. The van der Waals surface area contributed by atoms with Crippen LogP contribution >= 0.6 is 11.3 Å². The number of hydrogen-bond donors (Lipinski definition) is 1. The van der Waals surface area contributed by atoms with Crippen LogP contribution in [0.15, 0.2) is 28.1 Å². The van der Waals surface area contributed by atoms with Crippen molar-refractivity contribution in [3.8, 4) is 0 Å². The van der Waals surface area contributed by atoms with Gasteiger partial charge in [0.05, 0.1) is 6.10 Å². The van der Waals surface area contributed by atoms with Gasteiger partial charge in [0.1, 0.15) is 5.76 Å². The summed E-state index contributed by atoms with van der Waals surface area (Å²) in [6.07, 6.45) is 2.97. The zero-order valence-electron chi connectivity index (χ0n) is 13.3. The van der Waals surface area contributed by atoms with Gasteiger partial charge in [-0.25, -0.2) is 0 Å². The van der Waals surface area contributed by atoms with E-state index < -0.39 is 6.10 Å². The third-order valence-corrected chi connectivity index (χ3v) is 5.33. The average Bonchev–Trinajstić information content (AvgIpc) is 3.26. The van der Waals surface area contributed by atoms with Gasteiger partial charge in [0.25, 0.3) is 5.91 Å². The predicted molar refractivity (Wildman–Crippen MR) is 88.4 cm³/mol. The van der Waals surface area contributed by atoms with Crippen LogP contribution in [0.3, 0.4) is 0 Å². The summed E-state index contributed by atoms with van der Waals surface area (Å²) in [6.45, 7) is 3.37. The average molecular weight is 334 g/mol. The van der Waals surface area contributed by atoms with Crippen LogP contribution in [0, 0.1) is 5.92 Å². The van der Waals surface area contributed by atoms with Gasteiger partial charge in [-0.3, -0.25) is 4.79 Å². The predicted octanol–water partition coefficient (Wildman–Crippen LogP) is 3.27. The van der Waals surface area contributed by atoms with E-state index in [0.29, 0.717) is 18.8 Å². The number of amides is 1. The molecule has 1 saturated heterocycles. The largest absolute Gasteiger partial charge is 0.387 e. The number of carbonyl (C=O) groups is 1. The van der Waals surface area contributed by atoms with E-state index in [1.165, 1.54) is 0 Å². The first-order valence-electron chi connectivity index (χ1n) is 8.15. The molecule has 1 atom stereocenters. The van der Waals surface area contributed by atoms with Gasteiger partial charge in [-0.1, -0.05) is 18.1 Å². The fourth-order valence-corrected chi connectivity index (χ4v) is 3.85. The van der Waals surface area contributed by atoms with Gasteiger partial charge in [-0.15, -0.1) is 11.3 Å². The van der Waals surface area contributed by atoms with E-state index >= 15 is 0 Å². The number of nitrogens with zero attached hydrogens (tertiary/aromatic N) is 2. The second kappa shape index (κ2) is 7.27. The Bertz CT molecular complexity index is 630. The number of aryl methyl sites for hydroxylation is 1. The molecule has 0 aromatic carbocycles. The Hall–Kier alpha value is -1.66. The fraction of sp³-hybridized carbons (Fsp3) is 0.529. The van der Waals surface area contributed by atoms with Crippen LogP contribution in [-0.4, -0.2) is 34.2 Å². The Morgan fingerprint density at radius 1 is 1.52 bits per heavy atom. The smallest absolute Gasteiger partial charge is 0.276 e. The maximum absolute atomic E-state index is 12.5. The van der Waals surface area contributed by atoms with Crippen molar-refractivity contribution in [2.75, 3.05) is 13.1 Å². The molecule has 1 N–H and O–H groups in total. The van der Waals surface area contributed by atoms with E-state index in [1.54, 1.807) is 17.4 Å². The van der Waals surface area contributed by atoms with Crippen molar-refractivity contribution >= 4 is 17.2 Å². The number of carbonyl (C=O) groups excluding carboxylic acids is 1. The SMILES string of the molecule is CCCc1cc(C(=O)N2CCC([C@H](O)c3cccs3)CC2)no1. The highest BCUT2D eigenvalue weighted by molar-refractivity contribution is 7.10. The summed E-state index contributed by atoms with van der Waals surface area (Å²) in [6, 6.07) is 5.68. The van der Waals surface area contributed by atoms with Crippen LogP contribution in [0.25, 0.3) is 0 Å². The topological polar surface area (TPSA) is 66.6 Å². The quantitative estimate of drug-likeness (QED) is 0.911. The molecule has 0 saturated carbocycles. The van der Waals surface area contributed by atoms with Crippen molar-refractivity contribution in [2.24, 2.45) is 5.92 Å². The molecule has 3 rings (SSSR count). The van der Waals surface area contributed by atoms with Gasteiger partial charge < -0.3 is 14.5 Å². The van der Waals surface area contributed by atoms with Crippen molar-refractivity contribution in [1.82, 2.24) is 10.1 Å². The third kappa shape index (κ3) is 3.64. The zero-order chi connectivity index (χ0) is 16.2. The Balaban J connectivity index is 1.56. The molecule has 3 heterocycles. The lowest BCUT2D eigenvalue weighted by molar-refractivity contribution is 0.0467. The number of aromatic nitrogens is 1. The Labute approximate surface area is 139 Å². The molecule has 0 bridgehead atoms. The minimum absolute atomic E-state index is 0.0693. The van der Waals surface area contributed by atoms with Crippen molar-refractivity contribution in [3.63, 3.8) is 0 Å². The van der Waals surface area contributed by atoms with Gasteiger partial charge >= 0.3 is 0 Å². The first kappa shape index (κ1) is 16.2. The fourth-order valence-electron chi connectivity index (χ4n) is 3.05. The van der Waals surface area contributed by atoms with Crippen LogP contribution in [0.2, 0.25) is 0 Å². The van der Waals surface area contributed by atoms with Crippen molar-refractivity contribution < 1.29 is 14.4 Å². The summed E-state index contributed by atoms with van der Waals surface area (Å²) in [4.78, 5) is 15.3. The molecule has 0 unspecified atom stereocenters. The van der Waals surface area contributed by atoms with Gasteiger partial charge in [0.15, 0.2) is 5.69 Å². The minimum atomic E-state index is -0.421. The molecule has 5 nitrogen and oxygen atoms in total. The molecule has 0 radical (unpaired) electrons. The lowest BCUT2D eigenvalue weighted by Gasteiger charge is -2.33. The standard InChI is InChI=1S/C17H22N2O3S/c1-2-4-13-11-14(18-22-13)17(21)19-8-6-12(7-9-19)16(20)15-5-3-10-23-15/h3,5,10-12,16,20H,2,4,6-9H2,1H3/t16-/m0/s1. The highest BCUT2D eigenvalue weighted by atomic mass is 32.1. The number of hydrogen-bond acceptors (Lipinski definition) is 5. The number of rotatable bonds is 5. The van der Waals surface area contributed by atoms with Crippen LogP contribution in [0.4, 0.5) is 0 Å². The second-order valence-corrected chi connectivity index (χ2v) is 7.00. The number of piperidine rings is 1. The first-order chi connectivity index (χ1) is 11.2. The molecule has 2 aromatic heterocycles. The summed E-state index contributed by atoms with van der Waals surface area (Å²) < 4.78 is 5.19. The van der Waals surface area contributed by atoms with E-state index in [-0.39, 0.29) is 11.8 Å². The highest BCUT2D eigenvalue weighted by Crippen LogP contribution is 2.33. The molecule has 2 aromatic rings. The van der Waals surface area contributed by atoms with E-state index in [1.807, 2.05) is 22.4 Å². The van der Waals surface area contributed by atoms with Gasteiger partial charge in [-0.2, -0.15) is 0 Å². The Kier molecular flexibility index (Phi) is 5.13. The van der Waals surface area contributed by atoms with Crippen molar-refractivity contribution in [2.45, 2.75) is 38.7 Å². The molecule has 0 spiro atoms. The molecule has 23 heavy (non-hydrogen) atoms. The van der Waals surface area contributed by atoms with Crippen molar-refractivity contribution in [3.05, 3.63) is 39.9 Å². The maximum Gasteiger partial charge on any atom is 0.276 e. The number of aliphatic hydroxyl groups is 1. The van der Waals surface area contributed by atoms with E-state index in [2.05, 4.69) is 12.1 Å². The lowest BCUT2D eigenvalue weighted by atomic mass is 9.90.